The molecule has 0 unspecified atom stereocenters. The quantitative estimate of drug-likeness (QED) is 0.144. The van der Waals surface area contributed by atoms with Crippen LogP contribution in [-0.2, 0) is 12.8 Å². The van der Waals surface area contributed by atoms with Crippen molar-refractivity contribution in [1.29, 1.82) is 0 Å². The third kappa shape index (κ3) is 14.8. The molecule has 1 aromatic carbocycles. The molecule has 1 aromatic heterocycles. The minimum Gasteiger partial charge on any atom is -0.236 e. The smallest absolute Gasteiger partial charge is 0.159 e. The van der Waals surface area contributed by atoms with Gasteiger partial charge in [0.25, 0.3) is 0 Å². The van der Waals surface area contributed by atoms with Gasteiger partial charge in [0.1, 0.15) is 0 Å². The number of rotatable bonds is 23. The highest BCUT2D eigenvalue weighted by Crippen LogP contribution is 2.18. The van der Waals surface area contributed by atoms with Gasteiger partial charge in [0.2, 0.25) is 0 Å². The van der Waals surface area contributed by atoms with Crippen LogP contribution in [0.25, 0.3) is 11.4 Å². The number of unbranched alkanes of at least 4 members (excludes halogenated alkanes) is 18. The first-order valence-electron chi connectivity index (χ1n) is 15.7. The van der Waals surface area contributed by atoms with Crippen molar-refractivity contribution in [1.82, 2.24) is 9.97 Å². The van der Waals surface area contributed by atoms with Crippen LogP contribution < -0.4 is 0 Å². The van der Waals surface area contributed by atoms with Gasteiger partial charge in [-0.15, -0.1) is 0 Å². The van der Waals surface area contributed by atoms with Crippen LogP contribution >= 0.6 is 0 Å². The highest BCUT2D eigenvalue weighted by atomic mass is 14.9. The van der Waals surface area contributed by atoms with Crippen molar-refractivity contribution in [3.63, 3.8) is 0 Å². The Kier molecular flexibility index (Phi) is 18.1. The summed E-state index contributed by atoms with van der Waals surface area (Å²) in [6.07, 6.45) is 34.1. The molecule has 0 spiro atoms. The molecule has 0 aliphatic heterocycles. The minimum atomic E-state index is 0.854. The summed E-state index contributed by atoms with van der Waals surface area (Å²) in [5, 5.41) is 0. The van der Waals surface area contributed by atoms with Crippen LogP contribution in [0.5, 0.6) is 0 Å². The Balaban J connectivity index is 1.53. The fourth-order valence-corrected chi connectivity index (χ4v) is 5.09. The van der Waals surface area contributed by atoms with Gasteiger partial charge in [-0.05, 0) is 36.8 Å². The van der Waals surface area contributed by atoms with E-state index in [9.17, 15) is 0 Å². The van der Waals surface area contributed by atoms with E-state index in [1.807, 2.05) is 12.4 Å². The van der Waals surface area contributed by atoms with Gasteiger partial charge in [-0.3, -0.25) is 0 Å². The van der Waals surface area contributed by atoms with Gasteiger partial charge in [0.15, 0.2) is 5.82 Å². The third-order valence-electron chi connectivity index (χ3n) is 7.56. The molecule has 1 heterocycles. The summed E-state index contributed by atoms with van der Waals surface area (Å²) in [5.41, 5.74) is 3.85. The molecule has 0 bridgehead atoms. The molecule has 0 N–H and O–H groups in total. The van der Waals surface area contributed by atoms with Gasteiger partial charge in [-0.1, -0.05) is 154 Å². The second-order valence-corrected chi connectivity index (χ2v) is 11.0. The van der Waals surface area contributed by atoms with Gasteiger partial charge >= 0.3 is 0 Å². The Morgan fingerprint density at radius 3 is 1.19 bits per heavy atom. The van der Waals surface area contributed by atoms with E-state index in [4.69, 9.17) is 0 Å². The lowest BCUT2D eigenvalue weighted by molar-refractivity contribution is 0.556. The molecule has 0 saturated carbocycles. The molecule has 2 aromatic rings. The first-order chi connectivity index (χ1) is 17.8. The molecule has 0 saturated heterocycles. The Morgan fingerprint density at radius 2 is 0.778 bits per heavy atom. The minimum absolute atomic E-state index is 0.854. The maximum atomic E-state index is 4.66. The lowest BCUT2D eigenvalue weighted by atomic mass is 10.0. The third-order valence-corrected chi connectivity index (χ3v) is 7.56. The van der Waals surface area contributed by atoms with Crippen LogP contribution in [0.2, 0.25) is 0 Å². The van der Waals surface area contributed by atoms with Crippen LogP contribution in [0, 0.1) is 0 Å². The molecule has 2 nitrogen and oxygen atoms in total. The summed E-state index contributed by atoms with van der Waals surface area (Å²) in [5.74, 6) is 0.854. The first kappa shape index (κ1) is 30.5. The zero-order chi connectivity index (χ0) is 25.5. The average Bonchev–Trinajstić information content (AvgIpc) is 2.91. The predicted octanol–water partition coefficient (Wildman–Crippen LogP) is 11.1. The van der Waals surface area contributed by atoms with Gasteiger partial charge in [0, 0.05) is 18.0 Å². The van der Waals surface area contributed by atoms with Crippen molar-refractivity contribution in [3.8, 4) is 11.4 Å². The Labute approximate surface area is 224 Å². The number of aryl methyl sites for hydroxylation is 2. The molecular weight excluding hydrogens is 436 g/mol. The molecule has 202 valence electrons. The second kappa shape index (κ2) is 21.4. The summed E-state index contributed by atoms with van der Waals surface area (Å²) in [4.78, 5) is 9.32. The number of benzene rings is 1. The largest absolute Gasteiger partial charge is 0.236 e. The highest BCUT2D eigenvalue weighted by molar-refractivity contribution is 5.55. The normalized spacial score (nSPS) is 11.3. The number of hydrogen-bond donors (Lipinski definition) is 0. The van der Waals surface area contributed by atoms with Crippen molar-refractivity contribution < 1.29 is 0 Å². The monoisotopic (exact) mass is 492 g/mol. The Hall–Kier alpha value is -1.70. The molecule has 2 rings (SSSR count). The number of aromatic nitrogens is 2. The van der Waals surface area contributed by atoms with E-state index < -0.39 is 0 Å². The van der Waals surface area contributed by atoms with Crippen molar-refractivity contribution in [3.05, 3.63) is 47.8 Å². The van der Waals surface area contributed by atoms with Crippen LogP contribution in [0.15, 0.2) is 36.7 Å². The average molecular weight is 493 g/mol. The van der Waals surface area contributed by atoms with Crippen molar-refractivity contribution in [2.75, 3.05) is 0 Å². The molecule has 0 fully saturated rings. The first-order valence-corrected chi connectivity index (χ1v) is 15.7. The van der Waals surface area contributed by atoms with Crippen LogP contribution in [-0.4, -0.2) is 9.97 Å². The van der Waals surface area contributed by atoms with Gasteiger partial charge in [-0.2, -0.15) is 0 Å². The number of hydrogen-bond acceptors (Lipinski definition) is 2. The SMILES string of the molecule is CCCCCCCCCCCCc1ccc(-c2ncc(CCCCCCCCCCCC)cn2)cc1. The summed E-state index contributed by atoms with van der Waals surface area (Å²) in [6, 6.07) is 8.93. The number of nitrogens with zero attached hydrogens (tertiary/aromatic N) is 2. The molecule has 36 heavy (non-hydrogen) atoms. The van der Waals surface area contributed by atoms with Crippen molar-refractivity contribution in [2.45, 2.75) is 155 Å². The molecular formula is C34H56N2. The van der Waals surface area contributed by atoms with Crippen LogP contribution in [0.3, 0.4) is 0 Å². The van der Waals surface area contributed by atoms with E-state index in [0.29, 0.717) is 0 Å². The second-order valence-electron chi connectivity index (χ2n) is 11.0. The summed E-state index contributed by atoms with van der Waals surface area (Å²) >= 11 is 0. The van der Waals surface area contributed by atoms with Crippen molar-refractivity contribution >= 4 is 0 Å². The highest BCUT2D eigenvalue weighted by Gasteiger charge is 2.03. The molecule has 0 amide bonds. The van der Waals surface area contributed by atoms with Crippen LogP contribution in [0.1, 0.15) is 153 Å². The zero-order valence-electron chi connectivity index (χ0n) is 23.9. The van der Waals surface area contributed by atoms with Crippen LogP contribution in [0.4, 0.5) is 0 Å². The topological polar surface area (TPSA) is 25.8 Å². The van der Waals surface area contributed by atoms with Gasteiger partial charge in [0.05, 0.1) is 0 Å². The van der Waals surface area contributed by atoms with Gasteiger partial charge in [-0.25, -0.2) is 9.97 Å². The Morgan fingerprint density at radius 1 is 0.417 bits per heavy atom. The molecule has 0 aliphatic carbocycles. The van der Waals surface area contributed by atoms with E-state index in [0.717, 1.165) is 17.8 Å². The molecule has 2 heteroatoms. The fraction of sp³-hybridized carbons (Fsp3) is 0.706. The van der Waals surface area contributed by atoms with E-state index in [2.05, 4.69) is 48.1 Å². The standard InChI is InChI=1S/C34H56N2/c1-3-5-7-9-11-13-15-17-19-21-23-31-25-27-33(28-26-31)34-35-29-32(30-36-34)24-22-20-18-16-14-12-10-8-6-4-2/h25-30H,3-24H2,1-2H3. The fourth-order valence-electron chi connectivity index (χ4n) is 5.09. The predicted molar refractivity (Wildman–Crippen MR) is 159 cm³/mol. The van der Waals surface area contributed by atoms with Gasteiger partial charge < -0.3 is 0 Å². The summed E-state index contributed by atoms with van der Waals surface area (Å²) in [6.45, 7) is 4.58. The molecule has 0 aliphatic rings. The zero-order valence-corrected chi connectivity index (χ0v) is 23.9. The molecule has 0 radical (unpaired) electrons. The van der Waals surface area contributed by atoms with E-state index >= 15 is 0 Å². The maximum absolute atomic E-state index is 4.66. The molecule has 0 atom stereocenters. The maximum Gasteiger partial charge on any atom is 0.159 e. The summed E-state index contributed by atoms with van der Waals surface area (Å²) < 4.78 is 0. The Bertz CT molecular complexity index is 669. The lowest BCUT2D eigenvalue weighted by Crippen LogP contribution is -1.94. The summed E-state index contributed by atoms with van der Waals surface area (Å²) in [7, 11) is 0. The van der Waals surface area contributed by atoms with E-state index in [1.165, 1.54) is 146 Å². The lowest BCUT2D eigenvalue weighted by Gasteiger charge is -2.06. The van der Waals surface area contributed by atoms with E-state index in [1.54, 1.807) is 0 Å². The van der Waals surface area contributed by atoms with Crippen molar-refractivity contribution in [2.24, 2.45) is 0 Å². The van der Waals surface area contributed by atoms with E-state index in [-0.39, 0.29) is 0 Å².